The number of rotatable bonds is 5. The lowest BCUT2D eigenvalue weighted by molar-refractivity contribution is 0.899. The van der Waals surface area contributed by atoms with Crippen LogP contribution in [0.25, 0.3) is 55.3 Å². The molecule has 5 aromatic heterocycles. The molecule has 0 spiro atoms. The van der Waals surface area contributed by atoms with Crippen LogP contribution >= 0.6 is 11.3 Å². The molecule has 0 atom stereocenters. The van der Waals surface area contributed by atoms with Crippen molar-refractivity contribution in [3.63, 3.8) is 0 Å². The number of aromatic amines is 2. The first kappa shape index (κ1) is 21.5. The van der Waals surface area contributed by atoms with Gasteiger partial charge in [0.1, 0.15) is 5.69 Å². The van der Waals surface area contributed by atoms with Crippen molar-refractivity contribution in [3.8, 4) is 33.1 Å². The van der Waals surface area contributed by atoms with Crippen molar-refractivity contribution in [3.05, 3.63) is 65.3 Å². The molecule has 0 unspecified atom stereocenters. The molecule has 1 aromatic carbocycles. The van der Waals surface area contributed by atoms with E-state index in [2.05, 4.69) is 94.6 Å². The van der Waals surface area contributed by atoms with Crippen molar-refractivity contribution in [2.24, 2.45) is 0 Å². The third-order valence-corrected chi connectivity index (χ3v) is 6.94. The molecule has 0 saturated carbocycles. The Morgan fingerprint density at radius 1 is 0.943 bits per heavy atom. The van der Waals surface area contributed by atoms with Crippen LogP contribution in [0.4, 0.5) is 5.69 Å². The Labute approximate surface area is 206 Å². The highest BCUT2D eigenvalue weighted by molar-refractivity contribution is 7.15. The third kappa shape index (κ3) is 3.95. The summed E-state index contributed by atoms with van der Waals surface area (Å²) < 4.78 is 0. The fraction of sp³-hybridized carbons (Fsp3) is 0.185. The average molecular weight is 480 g/mol. The van der Waals surface area contributed by atoms with Crippen molar-refractivity contribution in [1.29, 1.82) is 0 Å². The number of nitrogens with one attached hydrogen (secondary N) is 3. The predicted octanol–water partition coefficient (Wildman–Crippen LogP) is 6.73. The van der Waals surface area contributed by atoms with Crippen LogP contribution in [0.15, 0.2) is 54.9 Å². The van der Waals surface area contributed by atoms with Crippen molar-refractivity contribution in [2.75, 3.05) is 5.32 Å². The van der Waals surface area contributed by atoms with Gasteiger partial charge in [0.2, 0.25) is 0 Å². The van der Waals surface area contributed by atoms with E-state index in [1.807, 2.05) is 18.5 Å². The van der Waals surface area contributed by atoms with Crippen LogP contribution in [0.3, 0.4) is 0 Å². The van der Waals surface area contributed by atoms with E-state index in [0.29, 0.717) is 23.2 Å². The summed E-state index contributed by atoms with van der Waals surface area (Å²) in [4.78, 5) is 19.9. The van der Waals surface area contributed by atoms with Gasteiger partial charge in [0.15, 0.2) is 17.1 Å². The lowest BCUT2D eigenvalue weighted by Crippen LogP contribution is -2.09. The highest BCUT2D eigenvalue weighted by Gasteiger charge is 2.17. The molecule has 35 heavy (non-hydrogen) atoms. The Hall–Kier alpha value is -4.04. The first-order valence-electron chi connectivity index (χ1n) is 11.6. The number of imidazole rings is 1. The lowest BCUT2D eigenvalue weighted by atomic mass is 10.0. The lowest BCUT2D eigenvalue weighted by Gasteiger charge is -2.13. The van der Waals surface area contributed by atoms with Crippen LogP contribution in [0.5, 0.6) is 0 Å². The SMILES string of the molecule is Cc1cc(NC(C)C)cc(-c2cnc3n[nH]c(-c4nc5nccc(-c6ccc(C)s6)c5[nH]4)c3c2)c1. The Balaban J connectivity index is 1.46. The molecule has 8 heteroatoms. The van der Waals surface area contributed by atoms with E-state index in [9.17, 15) is 0 Å². The summed E-state index contributed by atoms with van der Waals surface area (Å²) in [6.45, 7) is 8.50. The Bertz CT molecular complexity index is 1690. The normalized spacial score (nSPS) is 11.7. The van der Waals surface area contributed by atoms with E-state index in [1.165, 1.54) is 15.3 Å². The van der Waals surface area contributed by atoms with Crippen LogP contribution in [0, 0.1) is 13.8 Å². The standard InChI is InChI=1S/C27H25N7S/c1-14(2)30-19-10-15(3)9-17(11-19)18-12-21-24(33-34-25(21)29-13-18)27-31-23-20(7-8-28-26(23)32-27)22-6-5-16(4)35-22/h5-14,30H,1-4H3,(H,28,31,32)(H,29,33,34). The topological polar surface area (TPSA) is 95.2 Å². The van der Waals surface area contributed by atoms with Gasteiger partial charge < -0.3 is 10.3 Å². The van der Waals surface area contributed by atoms with Crippen molar-refractivity contribution < 1.29 is 0 Å². The van der Waals surface area contributed by atoms with E-state index in [1.54, 1.807) is 11.3 Å². The minimum atomic E-state index is 0.357. The van der Waals surface area contributed by atoms with Gasteiger partial charge in [-0.25, -0.2) is 15.0 Å². The van der Waals surface area contributed by atoms with Gasteiger partial charge in [-0.15, -0.1) is 11.3 Å². The van der Waals surface area contributed by atoms with Crippen LogP contribution in [-0.2, 0) is 0 Å². The molecule has 0 fully saturated rings. The molecule has 6 aromatic rings. The van der Waals surface area contributed by atoms with Gasteiger partial charge in [-0.2, -0.15) is 5.10 Å². The van der Waals surface area contributed by atoms with E-state index < -0.39 is 0 Å². The summed E-state index contributed by atoms with van der Waals surface area (Å²) in [7, 11) is 0. The van der Waals surface area contributed by atoms with Gasteiger partial charge in [0.05, 0.1) is 10.9 Å². The number of benzene rings is 1. The fourth-order valence-corrected chi connectivity index (χ4v) is 5.32. The summed E-state index contributed by atoms with van der Waals surface area (Å²) in [6, 6.07) is 15.3. The number of hydrogen-bond donors (Lipinski definition) is 3. The van der Waals surface area contributed by atoms with Gasteiger partial charge in [0, 0.05) is 45.0 Å². The zero-order valence-corrected chi connectivity index (χ0v) is 20.8. The summed E-state index contributed by atoms with van der Waals surface area (Å²) in [6.07, 6.45) is 3.68. The van der Waals surface area contributed by atoms with Gasteiger partial charge in [-0.3, -0.25) is 5.10 Å². The third-order valence-electron chi connectivity index (χ3n) is 5.91. The number of thiophene rings is 1. The summed E-state index contributed by atoms with van der Waals surface area (Å²) in [5.41, 5.74) is 8.57. The quantitative estimate of drug-likeness (QED) is 0.255. The molecule has 0 amide bonds. The van der Waals surface area contributed by atoms with E-state index in [0.717, 1.165) is 39.0 Å². The summed E-state index contributed by atoms with van der Waals surface area (Å²) in [5.74, 6) is 0.695. The Morgan fingerprint density at radius 2 is 1.83 bits per heavy atom. The molecule has 5 heterocycles. The zero-order chi connectivity index (χ0) is 24.1. The van der Waals surface area contributed by atoms with Gasteiger partial charge >= 0.3 is 0 Å². The molecule has 0 aliphatic carbocycles. The molecule has 0 aliphatic heterocycles. The van der Waals surface area contributed by atoms with Crippen molar-refractivity contribution in [2.45, 2.75) is 33.7 Å². The van der Waals surface area contributed by atoms with E-state index in [-0.39, 0.29) is 0 Å². The molecule has 174 valence electrons. The second-order valence-electron chi connectivity index (χ2n) is 9.13. The first-order chi connectivity index (χ1) is 16.9. The highest BCUT2D eigenvalue weighted by atomic mass is 32.1. The molecule has 0 bridgehead atoms. The van der Waals surface area contributed by atoms with Crippen molar-refractivity contribution in [1.82, 2.24) is 30.1 Å². The van der Waals surface area contributed by atoms with Crippen LogP contribution < -0.4 is 5.32 Å². The number of hydrogen-bond acceptors (Lipinski definition) is 6. The molecule has 0 radical (unpaired) electrons. The maximum atomic E-state index is 4.79. The number of H-pyrrole nitrogens is 2. The number of aryl methyl sites for hydroxylation is 2. The van der Waals surface area contributed by atoms with Gasteiger partial charge in [0.25, 0.3) is 0 Å². The molecule has 3 N–H and O–H groups in total. The molecule has 6 rings (SSSR count). The van der Waals surface area contributed by atoms with Gasteiger partial charge in [-0.1, -0.05) is 6.07 Å². The number of pyridine rings is 2. The first-order valence-corrected chi connectivity index (χ1v) is 12.4. The molecule has 0 aliphatic rings. The highest BCUT2D eigenvalue weighted by Crippen LogP contribution is 2.34. The second-order valence-corrected chi connectivity index (χ2v) is 10.4. The maximum Gasteiger partial charge on any atom is 0.181 e. The molecule has 0 saturated heterocycles. The maximum absolute atomic E-state index is 4.79. The molecular formula is C27H25N7S. The number of aromatic nitrogens is 6. The Kier molecular flexibility index (Phi) is 5.11. The van der Waals surface area contributed by atoms with Crippen LogP contribution in [-0.4, -0.2) is 36.2 Å². The number of anilines is 1. The van der Waals surface area contributed by atoms with Crippen LogP contribution in [0.1, 0.15) is 24.3 Å². The molecule has 7 nitrogen and oxygen atoms in total. The molecular weight excluding hydrogens is 454 g/mol. The predicted molar refractivity (Wildman–Crippen MR) is 144 cm³/mol. The largest absolute Gasteiger partial charge is 0.383 e. The smallest absolute Gasteiger partial charge is 0.181 e. The summed E-state index contributed by atoms with van der Waals surface area (Å²) in [5, 5.41) is 12.0. The van der Waals surface area contributed by atoms with E-state index in [4.69, 9.17) is 4.98 Å². The number of nitrogens with zero attached hydrogens (tertiary/aromatic N) is 4. The second kappa shape index (κ2) is 8.32. The minimum absolute atomic E-state index is 0.357. The van der Waals surface area contributed by atoms with E-state index >= 15 is 0 Å². The number of fused-ring (bicyclic) bond motifs is 2. The fourth-order valence-electron chi connectivity index (χ4n) is 4.42. The van der Waals surface area contributed by atoms with Crippen LogP contribution in [0.2, 0.25) is 0 Å². The summed E-state index contributed by atoms with van der Waals surface area (Å²) >= 11 is 1.76. The average Bonchev–Trinajstić information content (AvgIpc) is 3.55. The minimum Gasteiger partial charge on any atom is -0.383 e. The Morgan fingerprint density at radius 3 is 2.63 bits per heavy atom. The van der Waals surface area contributed by atoms with Gasteiger partial charge in [-0.05, 0) is 75.2 Å². The van der Waals surface area contributed by atoms with Crippen molar-refractivity contribution >= 4 is 39.2 Å². The monoisotopic (exact) mass is 479 g/mol. The zero-order valence-electron chi connectivity index (χ0n) is 20.0.